The van der Waals surface area contributed by atoms with Crippen molar-refractivity contribution in [2.75, 3.05) is 19.8 Å². The molecule has 11 heavy (non-hydrogen) atoms. The molecule has 0 saturated carbocycles. The molecule has 1 aliphatic heterocycles. The Hall–Kier alpha value is -0.610. The van der Waals surface area contributed by atoms with E-state index in [1.165, 1.54) is 0 Å². The Labute approximate surface area is 66.3 Å². The summed E-state index contributed by atoms with van der Waals surface area (Å²) in [5.41, 5.74) is 0. The zero-order chi connectivity index (χ0) is 8.10. The number of rotatable bonds is 3. The Morgan fingerprint density at radius 3 is 3.09 bits per heavy atom. The van der Waals surface area contributed by atoms with Crippen LogP contribution in [0.4, 0.5) is 0 Å². The lowest BCUT2D eigenvalue weighted by Crippen LogP contribution is -2.34. The van der Waals surface area contributed by atoms with Crippen LogP contribution in [0.25, 0.3) is 0 Å². The molecule has 0 amide bonds. The van der Waals surface area contributed by atoms with Crippen LogP contribution in [-0.2, 0) is 9.53 Å². The lowest BCUT2D eigenvalue weighted by atomic mass is 10.3. The molecule has 0 aromatic carbocycles. The van der Waals surface area contributed by atoms with E-state index in [0.29, 0.717) is 19.8 Å². The molecule has 0 aromatic heterocycles. The molecular weight excluding hydrogens is 144 g/mol. The van der Waals surface area contributed by atoms with E-state index in [1.54, 1.807) is 0 Å². The van der Waals surface area contributed by atoms with Gasteiger partial charge in [-0.15, -0.1) is 0 Å². The topological polar surface area (TPSA) is 50.4 Å². The van der Waals surface area contributed by atoms with Gasteiger partial charge >= 0.3 is 5.97 Å². The summed E-state index contributed by atoms with van der Waals surface area (Å²) < 4.78 is 4.93. The van der Waals surface area contributed by atoms with Gasteiger partial charge in [0.1, 0.15) is 6.04 Å². The van der Waals surface area contributed by atoms with Crippen molar-refractivity contribution in [3.63, 3.8) is 0 Å². The van der Waals surface area contributed by atoms with Crippen LogP contribution < -0.4 is 10.6 Å². The maximum absolute atomic E-state index is 11.1. The minimum Gasteiger partial charge on any atom is -0.465 e. The van der Waals surface area contributed by atoms with Gasteiger partial charge in [0, 0.05) is 13.2 Å². The summed E-state index contributed by atoms with van der Waals surface area (Å²) in [6.07, 6.45) is 0.881. The van der Waals surface area contributed by atoms with Crippen molar-refractivity contribution in [2.24, 2.45) is 0 Å². The molecule has 0 aliphatic carbocycles. The molecule has 0 spiro atoms. The summed E-state index contributed by atoms with van der Waals surface area (Å²) in [7, 11) is 0. The van der Waals surface area contributed by atoms with Gasteiger partial charge < -0.3 is 10.1 Å². The van der Waals surface area contributed by atoms with E-state index in [1.807, 2.05) is 6.92 Å². The highest BCUT2D eigenvalue weighted by molar-refractivity contribution is 5.76. The third kappa shape index (κ3) is 2.48. The predicted molar refractivity (Wildman–Crippen MR) is 41.0 cm³/mol. The maximum atomic E-state index is 11.1. The summed E-state index contributed by atoms with van der Waals surface area (Å²) >= 11 is 0. The van der Waals surface area contributed by atoms with Crippen LogP contribution in [0.5, 0.6) is 0 Å². The van der Waals surface area contributed by atoms with Crippen LogP contribution in [0.1, 0.15) is 13.3 Å². The first kappa shape index (κ1) is 8.49. The quantitative estimate of drug-likeness (QED) is 0.541. The highest BCUT2D eigenvalue weighted by Gasteiger charge is 2.22. The SMILES string of the molecule is CCCOC(=O)C1CNCN1. The number of carbonyl (C=O) groups excluding carboxylic acids is 1. The van der Waals surface area contributed by atoms with E-state index in [9.17, 15) is 4.79 Å². The van der Waals surface area contributed by atoms with Gasteiger partial charge in [0.2, 0.25) is 0 Å². The minimum atomic E-state index is -0.142. The predicted octanol–water partition coefficient (Wildman–Crippen LogP) is -0.541. The van der Waals surface area contributed by atoms with Gasteiger partial charge in [0.15, 0.2) is 0 Å². The van der Waals surface area contributed by atoms with E-state index in [4.69, 9.17) is 4.74 Å². The summed E-state index contributed by atoms with van der Waals surface area (Å²) in [6.45, 7) is 3.89. The van der Waals surface area contributed by atoms with Crippen LogP contribution >= 0.6 is 0 Å². The second kappa shape index (κ2) is 4.31. The molecule has 2 N–H and O–H groups in total. The fraction of sp³-hybridized carbons (Fsp3) is 0.857. The Kier molecular flexibility index (Phi) is 3.32. The van der Waals surface area contributed by atoms with Crippen molar-refractivity contribution in [1.29, 1.82) is 0 Å². The number of hydrogen-bond acceptors (Lipinski definition) is 4. The Balaban J connectivity index is 2.17. The molecule has 1 unspecified atom stereocenters. The summed E-state index contributed by atoms with van der Waals surface area (Å²) in [5.74, 6) is -0.142. The number of hydrogen-bond donors (Lipinski definition) is 2. The van der Waals surface area contributed by atoms with Crippen molar-refractivity contribution in [1.82, 2.24) is 10.6 Å². The largest absolute Gasteiger partial charge is 0.465 e. The number of esters is 1. The molecule has 0 radical (unpaired) electrons. The number of carbonyl (C=O) groups is 1. The van der Waals surface area contributed by atoms with Crippen molar-refractivity contribution >= 4 is 5.97 Å². The van der Waals surface area contributed by atoms with Gasteiger partial charge in [0.05, 0.1) is 6.61 Å². The van der Waals surface area contributed by atoms with Crippen LogP contribution in [0.3, 0.4) is 0 Å². The molecule has 4 heteroatoms. The fourth-order valence-electron chi connectivity index (χ4n) is 0.954. The smallest absolute Gasteiger partial charge is 0.324 e. The third-order valence-corrected chi connectivity index (χ3v) is 1.55. The van der Waals surface area contributed by atoms with E-state index < -0.39 is 0 Å². The third-order valence-electron chi connectivity index (χ3n) is 1.55. The van der Waals surface area contributed by atoms with E-state index in [-0.39, 0.29) is 12.0 Å². The second-order valence-corrected chi connectivity index (χ2v) is 2.56. The summed E-state index contributed by atoms with van der Waals surface area (Å²) in [5, 5.41) is 6.00. The fourth-order valence-corrected chi connectivity index (χ4v) is 0.954. The summed E-state index contributed by atoms with van der Waals surface area (Å²) in [6, 6.07) is -0.137. The molecule has 64 valence electrons. The second-order valence-electron chi connectivity index (χ2n) is 2.56. The van der Waals surface area contributed by atoms with E-state index >= 15 is 0 Å². The molecule has 1 rings (SSSR count). The highest BCUT2D eigenvalue weighted by Crippen LogP contribution is 1.92. The van der Waals surface area contributed by atoms with Crippen molar-refractivity contribution < 1.29 is 9.53 Å². The maximum Gasteiger partial charge on any atom is 0.324 e. The Morgan fingerprint density at radius 1 is 1.73 bits per heavy atom. The van der Waals surface area contributed by atoms with E-state index in [0.717, 1.165) is 6.42 Å². The first-order valence-corrected chi connectivity index (χ1v) is 3.95. The van der Waals surface area contributed by atoms with Gasteiger partial charge in [0.25, 0.3) is 0 Å². The first-order valence-electron chi connectivity index (χ1n) is 3.95. The van der Waals surface area contributed by atoms with Gasteiger partial charge in [-0.2, -0.15) is 0 Å². The molecule has 4 nitrogen and oxygen atoms in total. The van der Waals surface area contributed by atoms with Crippen molar-refractivity contribution in [3.8, 4) is 0 Å². The Bertz CT molecular complexity index is 132. The van der Waals surface area contributed by atoms with E-state index in [2.05, 4.69) is 10.6 Å². The zero-order valence-electron chi connectivity index (χ0n) is 6.72. The molecular formula is C7H14N2O2. The average molecular weight is 158 g/mol. The van der Waals surface area contributed by atoms with Gasteiger partial charge in [-0.25, -0.2) is 0 Å². The van der Waals surface area contributed by atoms with Crippen LogP contribution in [0.2, 0.25) is 0 Å². The summed E-state index contributed by atoms with van der Waals surface area (Å²) in [4.78, 5) is 11.1. The van der Waals surface area contributed by atoms with Gasteiger partial charge in [-0.05, 0) is 6.42 Å². The molecule has 0 aromatic rings. The van der Waals surface area contributed by atoms with Crippen LogP contribution in [-0.4, -0.2) is 31.8 Å². The number of ether oxygens (including phenoxy) is 1. The van der Waals surface area contributed by atoms with Crippen molar-refractivity contribution in [2.45, 2.75) is 19.4 Å². The molecule has 1 heterocycles. The molecule has 1 fully saturated rings. The lowest BCUT2D eigenvalue weighted by Gasteiger charge is -2.07. The molecule has 1 saturated heterocycles. The zero-order valence-corrected chi connectivity index (χ0v) is 6.72. The molecule has 1 aliphatic rings. The van der Waals surface area contributed by atoms with Crippen LogP contribution in [0, 0.1) is 0 Å². The Morgan fingerprint density at radius 2 is 2.55 bits per heavy atom. The normalized spacial score (nSPS) is 23.5. The number of nitrogens with one attached hydrogen (secondary N) is 2. The first-order chi connectivity index (χ1) is 5.34. The lowest BCUT2D eigenvalue weighted by molar-refractivity contribution is -0.145. The molecule has 0 bridgehead atoms. The van der Waals surface area contributed by atoms with Crippen LogP contribution in [0.15, 0.2) is 0 Å². The standard InChI is InChI=1S/C7H14N2O2/c1-2-3-11-7(10)6-4-8-5-9-6/h6,8-9H,2-5H2,1H3. The van der Waals surface area contributed by atoms with Gasteiger partial charge in [-0.3, -0.25) is 10.1 Å². The minimum absolute atomic E-state index is 0.137. The van der Waals surface area contributed by atoms with Gasteiger partial charge in [-0.1, -0.05) is 6.92 Å². The molecule has 1 atom stereocenters. The highest BCUT2D eigenvalue weighted by atomic mass is 16.5. The van der Waals surface area contributed by atoms with Crippen molar-refractivity contribution in [3.05, 3.63) is 0 Å². The average Bonchev–Trinajstić information content (AvgIpc) is 2.52. The monoisotopic (exact) mass is 158 g/mol.